The largest absolute Gasteiger partial charge is 0.495 e. The molecule has 146 valence electrons. The number of hydrogen-bond acceptors (Lipinski definition) is 5. The quantitative estimate of drug-likeness (QED) is 0.769. The molecule has 2 aromatic carbocycles. The topological polar surface area (TPSA) is 80.8 Å². The Morgan fingerprint density at radius 3 is 2.48 bits per heavy atom. The second kappa shape index (κ2) is 7.57. The summed E-state index contributed by atoms with van der Waals surface area (Å²) < 4.78 is 71.2. The van der Waals surface area contributed by atoms with Crippen molar-refractivity contribution in [2.45, 2.75) is 16.6 Å². The molecule has 6 nitrogen and oxygen atoms in total. The zero-order valence-corrected chi connectivity index (χ0v) is 16.3. The van der Waals surface area contributed by atoms with Gasteiger partial charge in [0.1, 0.15) is 16.5 Å². The Bertz CT molecular complexity index is 1020. The minimum atomic E-state index is -4.10. The van der Waals surface area contributed by atoms with Gasteiger partial charge in [-0.25, -0.2) is 21.2 Å². The Labute approximate surface area is 158 Å². The number of hydrogen-bond donors (Lipinski definition) is 0. The molecule has 2 aromatic rings. The van der Waals surface area contributed by atoms with Crippen molar-refractivity contribution in [1.82, 2.24) is 4.31 Å². The standard InChI is InChI=1S/C18H20FNO5S2/c1-25-16-8-7-15(19)13-18(16)27(23,24)20-10-9-17(26(21,22)12-11-20)14-5-3-2-4-6-14/h2-8,13,17H,9-12H2,1H3. The maximum absolute atomic E-state index is 13.6. The minimum Gasteiger partial charge on any atom is -0.495 e. The van der Waals surface area contributed by atoms with Crippen molar-refractivity contribution in [3.63, 3.8) is 0 Å². The van der Waals surface area contributed by atoms with Crippen molar-refractivity contribution in [3.05, 3.63) is 59.9 Å². The molecule has 1 aliphatic heterocycles. The lowest BCUT2D eigenvalue weighted by Gasteiger charge is -2.21. The average molecular weight is 413 g/mol. The van der Waals surface area contributed by atoms with Gasteiger partial charge in [-0.2, -0.15) is 4.31 Å². The fourth-order valence-electron chi connectivity index (χ4n) is 3.20. The van der Waals surface area contributed by atoms with E-state index in [0.717, 1.165) is 16.4 Å². The number of rotatable bonds is 4. The summed E-state index contributed by atoms with van der Waals surface area (Å²) in [5, 5.41) is -0.770. The number of halogens is 1. The predicted molar refractivity (Wildman–Crippen MR) is 99.3 cm³/mol. The number of sulfonamides is 1. The summed E-state index contributed by atoms with van der Waals surface area (Å²) in [6, 6.07) is 12.0. The molecule has 0 aliphatic carbocycles. The van der Waals surface area contributed by atoms with E-state index in [-0.39, 0.29) is 35.9 Å². The maximum atomic E-state index is 13.6. The summed E-state index contributed by atoms with van der Waals surface area (Å²) in [5.74, 6) is -0.995. The third kappa shape index (κ3) is 3.99. The van der Waals surface area contributed by atoms with Crippen LogP contribution < -0.4 is 4.74 Å². The molecule has 1 unspecified atom stereocenters. The van der Waals surface area contributed by atoms with Crippen molar-refractivity contribution >= 4 is 19.9 Å². The second-order valence-electron chi connectivity index (χ2n) is 6.25. The molecule has 0 aromatic heterocycles. The molecular formula is C18H20FNO5S2. The minimum absolute atomic E-state index is 0.0147. The zero-order valence-electron chi connectivity index (χ0n) is 14.7. The number of benzene rings is 2. The lowest BCUT2D eigenvalue weighted by Crippen LogP contribution is -2.34. The van der Waals surface area contributed by atoms with Crippen LogP contribution in [0, 0.1) is 5.82 Å². The van der Waals surface area contributed by atoms with E-state index < -0.39 is 30.9 Å². The zero-order chi connectivity index (χ0) is 19.7. The Morgan fingerprint density at radius 1 is 1.11 bits per heavy atom. The predicted octanol–water partition coefficient (Wildman–Crippen LogP) is 2.38. The van der Waals surface area contributed by atoms with E-state index in [2.05, 4.69) is 0 Å². The van der Waals surface area contributed by atoms with Crippen LogP contribution in [0.4, 0.5) is 4.39 Å². The van der Waals surface area contributed by atoms with Crippen molar-refractivity contribution in [2.24, 2.45) is 0 Å². The van der Waals surface area contributed by atoms with Crippen LogP contribution in [0.2, 0.25) is 0 Å². The van der Waals surface area contributed by atoms with Gasteiger partial charge in [0.15, 0.2) is 9.84 Å². The molecule has 0 N–H and O–H groups in total. The molecule has 0 spiro atoms. The van der Waals surface area contributed by atoms with E-state index in [1.165, 1.54) is 13.2 Å². The lowest BCUT2D eigenvalue weighted by molar-refractivity contribution is 0.391. The first-order chi connectivity index (χ1) is 12.8. The fraction of sp³-hybridized carbons (Fsp3) is 0.333. The summed E-state index contributed by atoms with van der Waals surface area (Å²) in [6.07, 6.45) is 0.128. The second-order valence-corrected chi connectivity index (χ2v) is 10.5. The molecule has 0 amide bonds. The third-order valence-corrected chi connectivity index (χ3v) is 8.66. The van der Waals surface area contributed by atoms with Crippen molar-refractivity contribution in [1.29, 1.82) is 0 Å². The van der Waals surface area contributed by atoms with E-state index >= 15 is 0 Å². The molecule has 1 atom stereocenters. The van der Waals surface area contributed by atoms with Gasteiger partial charge in [0.05, 0.1) is 18.1 Å². The SMILES string of the molecule is COc1ccc(F)cc1S(=O)(=O)N1CCC(c2ccccc2)S(=O)(=O)CC1. The first-order valence-corrected chi connectivity index (χ1v) is 11.5. The fourth-order valence-corrected chi connectivity index (χ4v) is 6.73. The van der Waals surface area contributed by atoms with E-state index in [9.17, 15) is 21.2 Å². The van der Waals surface area contributed by atoms with Gasteiger partial charge in [-0.3, -0.25) is 0 Å². The Hall–Kier alpha value is -1.97. The normalized spacial score (nSPS) is 20.7. The maximum Gasteiger partial charge on any atom is 0.246 e. The van der Waals surface area contributed by atoms with E-state index in [4.69, 9.17) is 4.74 Å². The number of nitrogens with zero attached hydrogens (tertiary/aromatic N) is 1. The van der Waals surface area contributed by atoms with Gasteiger partial charge < -0.3 is 4.74 Å². The van der Waals surface area contributed by atoms with Crippen LogP contribution in [-0.2, 0) is 19.9 Å². The Kier molecular flexibility index (Phi) is 5.55. The van der Waals surface area contributed by atoms with E-state index in [0.29, 0.717) is 5.56 Å². The molecule has 0 saturated carbocycles. The van der Waals surface area contributed by atoms with Crippen LogP contribution in [-0.4, -0.2) is 47.1 Å². The smallest absolute Gasteiger partial charge is 0.246 e. The highest BCUT2D eigenvalue weighted by atomic mass is 32.2. The Morgan fingerprint density at radius 2 is 1.81 bits per heavy atom. The van der Waals surface area contributed by atoms with Gasteiger partial charge in [0.25, 0.3) is 0 Å². The first-order valence-electron chi connectivity index (χ1n) is 8.36. The van der Waals surface area contributed by atoms with Gasteiger partial charge in [-0.05, 0) is 30.2 Å². The number of ether oxygens (including phenoxy) is 1. The molecule has 1 fully saturated rings. The van der Waals surface area contributed by atoms with Gasteiger partial charge in [0, 0.05) is 13.1 Å². The Balaban J connectivity index is 1.95. The number of methoxy groups -OCH3 is 1. The number of sulfone groups is 1. The van der Waals surface area contributed by atoms with Crippen molar-refractivity contribution < 1.29 is 26.0 Å². The van der Waals surface area contributed by atoms with Gasteiger partial charge >= 0.3 is 0 Å². The molecule has 27 heavy (non-hydrogen) atoms. The first kappa shape index (κ1) is 19.8. The molecule has 1 saturated heterocycles. The molecule has 0 radical (unpaired) electrons. The van der Waals surface area contributed by atoms with Crippen LogP contribution in [0.3, 0.4) is 0 Å². The summed E-state index contributed by atoms with van der Waals surface area (Å²) >= 11 is 0. The van der Waals surface area contributed by atoms with Crippen molar-refractivity contribution in [3.8, 4) is 5.75 Å². The lowest BCUT2D eigenvalue weighted by atomic mass is 10.1. The molecular weight excluding hydrogens is 393 g/mol. The van der Waals surface area contributed by atoms with Crippen LogP contribution in [0.25, 0.3) is 0 Å². The molecule has 3 rings (SSSR count). The van der Waals surface area contributed by atoms with Crippen LogP contribution >= 0.6 is 0 Å². The highest BCUT2D eigenvalue weighted by Gasteiger charge is 2.36. The third-order valence-electron chi connectivity index (χ3n) is 4.61. The van der Waals surface area contributed by atoms with Crippen LogP contribution in [0.1, 0.15) is 17.2 Å². The molecule has 1 heterocycles. The molecule has 1 aliphatic rings. The van der Waals surface area contributed by atoms with Gasteiger partial charge in [-0.1, -0.05) is 30.3 Å². The van der Waals surface area contributed by atoms with Gasteiger partial charge in [-0.15, -0.1) is 0 Å². The highest BCUT2D eigenvalue weighted by Crippen LogP contribution is 2.33. The highest BCUT2D eigenvalue weighted by molar-refractivity contribution is 7.92. The van der Waals surface area contributed by atoms with E-state index in [1.807, 2.05) is 0 Å². The summed E-state index contributed by atoms with van der Waals surface area (Å²) in [5.41, 5.74) is 0.639. The van der Waals surface area contributed by atoms with Crippen LogP contribution in [0.15, 0.2) is 53.4 Å². The van der Waals surface area contributed by atoms with Crippen LogP contribution in [0.5, 0.6) is 5.75 Å². The average Bonchev–Trinajstić information content (AvgIpc) is 2.80. The van der Waals surface area contributed by atoms with Gasteiger partial charge in [0.2, 0.25) is 10.0 Å². The summed E-state index contributed by atoms with van der Waals surface area (Å²) in [4.78, 5) is -0.305. The monoisotopic (exact) mass is 413 g/mol. The molecule has 9 heteroatoms. The summed E-state index contributed by atoms with van der Waals surface area (Å²) in [7, 11) is -6.33. The molecule has 0 bridgehead atoms. The van der Waals surface area contributed by atoms with Crippen molar-refractivity contribution in [2.75, 3.05) is 26.0 Å². The van der Waals surface area contributed by atoms with E-state index in [1.54, 1.807) is 30.3 Å². The summed E-state index contributed by atoms with van der Waals surface area (Å²) in [6.45, 7) is -0.172.